The third-order valence-corrected chi connectivity index (χ3v) is 13.8. The molecule has 6 amide bonds. The summed E-state index contributed by atoms with van der Waals surface area (Å²) in [5.74, 6) is -0.698. The Labute approximate surface area is 396 Å². The number of fused-ring (bicyclic) bond motifs is 2. The fourth-order valence-electron chi connectivity index (χ4n) is 10.2. The Morgan fingerprint density at radius 3 is 2.25 bits per heavy atom. The van der Waals surface area contributed by atoms with Crippen LogP contribution in [0.1, 0.15) is 50.2 Å². The number of likely N-dealkylation sites (tertiary alicyclic amines) is 1. The summed E-state index contributed by atoms with van der Waals surface area (Å²) >= 11 is 0. The van der Waals surface area contributed by atoms with Crippen molar-refractivity contribution < 1.29 is 29.1 Å². The number of hydrogen-bond acceptors (Lipinski definition) is 9. The van der Waals surface area contributed by atoms with Crippen LogP contribution in [0.4, 0.5) is 10.5 Å². The number of likely N-dealkylation sites (N-methyl/N-ethyl adjacent to an activating group) is 1. The highest BCUT2D eigenvalue weighted by Gasteiger charge is 2.51. The highest BCUT2D eigenvalue weighted by molar-refractivity contribution is 6.08. The van der Waals surface area contributed by atoms with E-state index in [0.29, 0.717) is 37.1 Å². The van der Waals surface area contributed by atoms with Crippen LogP contribution in [0.5, 0.6) is 5.75 Å². The van der Waals surface area contributed by atoms with Crippen LogP contribution in [-0.4, -0.2) is 153 Å². The van der Waals surface area contributed by atoms with Gasteiger partial charge in [-0.3, -0.25) is 19.2 Å². The number of aromatic hydroxyl groups is 1. The van der Waals surface area contributed by atoms with E-state index < -0.39 is 18.2 Å². The Balaban J connectivity index is 0.914. The van der Waals surface area contributed by atoms with Crippen molar-refractivity contribution in [2.24, 2.45) is 7.05 Å². The highest BCUT2D eigenvalue weighted by atomic mass is 16.3. The van der Waals surface area contributed by atoms with Crippen molar-refractivity contribution in [2.75, 3.05) is 70.9 Å². The molecule has 4 aromatic carbocycles. The first-order chi connectivity index (χ1) is 32.9. The van der Waals surface area contributed by atoms with Gasteiger partial charge in [0.25, 0.3) is 11.8 Å². The topological polar surface area (TPSA) is 157 Å². The first-order valence-electron chi connectivity index (χ1n) is 23.5. The average molecular weight is 921 g/mol. The second-order valence-corrected chi connectivity index (χ2v) is 18.4. The second-order valence-electron chi connectivity index (χ2n) is 18.4. The molecule has 1 aromatic heterocycles. The van der Waals surface area contributed by atoms with E-state index in [4.69, 9.17) is 0 Å². The molecule has 4 saturated heterocycles. The summed E-state index contributed by atoms with van der Waals surface area (Å²) in [6.45, 7) is 9.43. The quantitative estimate of drug-likeness (QED) is 0.155. The van der Waals surface area contributed by atoms with Gasteiger partial charge in [-0.2, -0.15) is 0 Å². The van der Waals surface area contributed by atoms with E-state index in [1.54, 1.807) is 50.2 Å². The molecule has 4 fully saturated rings. The van der Waals surface area contributed by atoms with Crippen molar-refractivity contribution in [3.63, 3.8) is 0 Å². The van der Waals surface area contributed by atoms with Gasteiger partial charge in [-0.15, -0.1) is 6.58 Å². The molecule has 5 heterocycles. The minimum atomic E-state index is -0.954. The van der Waals surface area contributed by atoms with Crippen molar-refractivity contribution in [3.05, 3.63) is 144 Å². The van der Waals surface area contributed by atoms with Gasteiger partial charge in [0.1, 0.15) is 18.0 Å². The largest absolute Gasteiger partial charge is 0.508 e. The number of phenols is 1. The van der Waals surface area contributed by atoms with Gasteiger partial charge in [0.05, 0.1) is 24.2 Å². The second kappa shape index (κ2) is 20.0. The molecular formula is C52H60N10O6. The van der Waals surface area contributed by atoms with Crippen molar-refractivity contribution in [1.29, 1.82) is 0 Å². The smallest absolute Gasteiger partial charge is 0.334 e. The van der Waals surface area contributed by atoms with Gasteiger partial charge >= 0.3 is 6.03 Å². The maximum Gasteiger partial charge on any atom is 0.334 e. The van der Waals surface area contributed by atoms with Crippen LogP contribution in [0.15, 0.2) is 116 Å². The van der Waals surface area contributed by atoms with Crippen LogP contribution in [0, 0.1) is 0 Å². The molecule has 16 heteroatoms. The van der Waals surface area contributed by atoms with E-state index in [9.17, 15) is 29.1 Å². The predicted octanol–water partition coefficient (Wildman–Crippen LogP) is 4.41. The molecule has 4 aliphatic heterocycles. The summed E-state index contributed by atoms with van der Waals surface area (Å²) in [7, 11) is 4.01. The average Bonchev–Trinajstić information content (AvgIpc) is 3.70. The molecule has 5 aromatic rings. The normalized spacial score (nSPS) is 19.6. The highest BCUT2D eigenvalue weighted by Crippen LogP contribution is 2.32. The number of para-hydroxylation sites is 1. The number of rotatable bonds is 12. The molecule has 0 unspecified atom stereocenters. The minimum absolute atomic E-state index is 0.00364. The van der Waals surface area contributed by atoms with Crippen molar-refractivity contribution >= 4 is 46.3 Å². The minimum Gasteiger partial charge on any atom is -0.508 e. The summed E-state index contributed by atoms with van der Waals surface area (Å²) in [4.78, 5) is 80.6. The van der Waals surface area contributed by atoms with Gasteiger partial charge in [0.2, 0.25) is 11.8 Å². The lowest BCUT2D eigenvalue weighted by Gasteiger charge is -2.55. The summed E-state index contributed by atoms with van der Waals surface area (Å²) < 4.78 is 1.91. The molecule has 354 valence electrons. The zero-order valence-electron chi connectivity index (χ0n) is 38.8. The molecule has 3 N–H and O–H groups in total. The van der Waals surface area contributed by atoms with Crippen LogP contribution in [0.3, 0.4) is 0 Å². The van der Waals surface area contributed by atoms with Crippen molar-refractivity contribution in [1.82, 2.24) is 44.8 Å². The molecule has 2 atom stereocenters. The molecule has 0 aliphatic carbocycles. The number of carbonyl (C=O) groups excluding carboxylic acids is 5. The number of anilines is 1. The lowest BCUT2D eigenvalue weighted by atomic mass is 9.98. The summed E-state index contributed by atoms with van der Waals surface area (Å²) in [5, 5.41) is 20.3. The summed E-state index contributed by atoms with van der Waals surface area (Å²) in [6.07, 6.45) is 4.02. The molecule has 0 radical (unpaired) electrons. The van der Waals surface area contributed by atoms with Gasteiger partial charge in [-0.1, -0.05) is 66.7 Å². The predicted molar refractivity (Wildman–Crippen MR) is 259 cm³/mol. The number of piperidine rings is 1. The SMILES string of the molecule is C=CCN1CC(=O)N2[C@@H](Cc3ccc(O)cc3)C(=O)N(Cc3cccc4c(C(=O)NC5CCN(C(=O)c6ccc(N7CCN(C)CC7)cc6)CC5)cn(C)c34)C[C@@H]2N1C(=O)NCc1ccccc1. The molecule has 68 heavy (non-hydrogen) atoms. The van der Waals surface area contributed by atoms with E-state index in [-0.39, 0.29) is 74.6 Å². The zero-order chi connectivity index (χ0) is 47.5. The summed E-state index contributed by atoms with van der Waals surface area (Å²) in [6, 6.07) is 28.3. The van der Waals surface area contributed by atoms with E-state index in [1.807, 2.05) is 95.5 Å². The number of carbonyl (C=O) groups is 5. The number of piperazine rings is 2. The number of benzene rings is 4. The van der Waals surface area contributed by atoms with Crippen LogP contribution in [0.2, 0.25) is 0 Å². The number of hydrogen-bond donors (Lipinski definition) is 3. The first-order valence-corrected chi connectivity index (χ1v) is 23.5. The number of aryl methyl sites for hydroxylation is 1. The lowest BCUT2D eigenvalue weighted by molar-refractivity contribution is -0.189. The Bertz CT molecular complexity index is 2660. The number of aromatic nitrogens is 1. The molecular weight excluding hydrogens is 861 g/mol. The Morgan fingerprint density at radius 1 is 0.824 bits per heavy atom. The number of phenolic OH excluding ortho intramolecular Hbond substituents is 1. The fraction of sp³-hybridized carbons (Fsp3) is 0.365. The number of amides is 6. The van der Waals surface area contributed by atoms with Gasteiger partial charge in [0, 0.05) is 101 Å². The summed E-state index contributed by atoms with van der Waals surface area (Å²) in [5.41, 5.74) is 5.53. The standard InChI is InChI=1S/C52H60N10O6/c1-4-23-60-35-47(64)61-45(30-36-13-19-42(63)20-14-36)51(67)59(34-46(61)62(60)52(68)53-31-37-9-6-5-7-10-37)32-39-11-8-12-43-44(33-56(3)48(39)43)49(65)54-40-21-24-58(25-22-40)50(66)38-15-17-41(18-16-38)57-28-26-55(2)27-29-57/h4-20,33,40,45-46,63H,1,21-32,34-35H2,2-3H3,(H,53,68)(H,54,65)/t45-,46-/m0/s1. The van der Waals surface area contributed by atoms with E-state index >= 15 is 0 Å². The van der Waals surface area contributed by atoms with E-state index in [1.165, 1.54) is 0 Å². The van der Waals surface area contributed by atoms with Crippen molar-refractivity contribution in [2.45, 2.75) is 50.6 Å². The van der Waals surface area contributed by atoms with Gasteiger partial charge < -0.3 is 44.8 Å². The van der Waals surface area contributed by atoms with E-state index in [0.717, 1.165) is 59.5 Å². The molecule has 16 nitrogen and oxygen atoms in total. The fourth-order valence-corrected chi connectivity index (χ4v) is 10.2. The molecule has 0 saturated carbocycles. The van der Waals surface area contributed by atoms with Crippen LogP contribution in [-0.2, 0) is 36.1 Å². The monoisotopic (exact) mass is 920 g/mol. The third-order valence-electron chi connectivity index (χ3n) is 13.8. The van der Waals surface area contributed by atoms with Crippen LogP contribution >= 0.6 is 0 Å². The van der Waals surface area contributed by atoms with Gasteiger partial charge in [-0.05, 0) is 73.0 Å². The Kier molecular flexibility index (Phi) is 13.5. The number of urea groups is 1. The maximum absolute atomic E-state index is 14.8. The van der Waals surface area contributed by atoms with Gasteiger partial charge in [-0.25, -0.2) is 14.8 Å². The number of nitrogens with zero attached hydrogens (tertiary/aromatic N) is 8. The molecule has 0 bridgehead atoms. The van der Waals surface area contributed by atoms with Crippen molar-refractivity contribution in [3.8, 4) is 5.75 Å². The first kappa shape index (κ1) is 46.0. The Morgan fingerprint density at radius 2 is 1.54 bits per heavy atom. The van der Waals surface area contributed by atoms with E-state index in [2.05, 4.69) is 34.1 Å². The zero-order valence-corrected chi connectivity index (χ0v) is 38.8. The molecule has 9 rings (SSSR count). The number of nitrogens with one attached hydrogen (secondary N) is 2. The van der Waals surface area contributed by atoms with Gasteiger partial charge in [0.15, 0.2) is 0 Å². The maximum atomic E-state index is 14.8. The third kappa shape index (κ3) is 9.64. The van der Waals surface area contributed by atoms with Crippen LogP contribution < -0.4 is 15.5 Å². The molecule has 0 spiro atoms. The van der Waals surface area contributed by atoms with Crippen LogP contribution in [0.25, 0.3) is 10.9 Å². The number of hydrazine groups is 1. The molecule has 4 aliphatic rings. The lowest BCUT2D eigenvalue weighted by Crippen LogP contribution is -2.76. The Hall–Kier alpha value is -7.17.